The molecule has 63 heavy (non-hydrogen) atoms. The first-order valence-corrected chi connectivity index (χ1v) is 23.3. The molecule has 12 rings (SSSR count). The Labute approximate surface area is 371 Å². The summed E-state index contributed by atoms with van der Waals surface area (Å²) in [7, 11) is 0. The van der Waals surface area contributed by atoms with Gasteiger partial charge in [0.1, 0.15) is 0 Å². The van der Waals surface area contributed by atoms with Crippen molar-refractivity contribution in [3.63, 3.8) is 0 Å². The molecule has 1 fully saturated rings. The van der Waals surface area contributed by atoms with Crippen molar-refractivity contribution in [3.8, 4) is 5.69 Å². The normalized spacial score (nSPS) is 17.0. The molecule has 1 spiro atoms. The lowest BCUT2D eigenvalue weighted by molar-refractivity contribution is 0.443. The summed E-state index contributed by atoms with van der Waals surface area (Å²) in [5, 5.41) is 2.60. The molecule has 3 nitrogen and oxygen atoms in total. The molecule has 0 bridgehead atoms. The number of para-hydroxylation sites is 4. The third-order valence-electron chi connectivity index (χ3n) is 15.0. The number of benzene rings is 8. The molecule has 1 aromatic heterocycles. The van der Waals surface area contributed by atoms with Gasteiger partial charge in [-0.25, -0.2) is 0 Å². The van der Waals surface area contributed by atoms with Gasteiger partial charge in [-0.1, -0.05) is 116 Å². The number of anilines is 6. The minimum Gasteiger partial charge on any atom is -0.310 e. The second-order valence-electron chi connectivity index (χ2n) is 18.3. The van der Waals surface area contributed by atoms with Crippen LogP contribution in [0.5, 0.6) is 0 Å². The van der Waals surface area contributed by atoms with Crippen molar-refractivity contribution in [1.82, 2.24) is 4.57 Å². The molecule has 3 heteroatoms. The van der Waals surface area contributed by atoms with Gasteiger partial charge in [0.15, 0.2) is 0 Å². The Balaban J connectivity index is 1.02. The molecule has 1 atom stereocenters. The predicted molar refractivity (Wildman–Crippen MR) is 265 cm³/mol. The molecular formula is C60H53N3. The van der Waals surface area contributed by atoms with Crippen molar-refractivity contribution in [3.05, 3.63) is 221 Å². The average molecular weight is 816 g/mol. The van der Waals surface area contributed by atoms with Crippen molar-refractivity contribution in [2.75, 3.05) is 9.80 Å². The molecule has 1 saturated carbocycles. The van der Waals surface area contributed by atoms with Gasteiger partial charge in [0.25, 0.3) is 0 Å². The van der Waals surface area contributed by atoms with Crippen molar-refractivity contribution in [1.29, 1.82) is 0 Å². The largest absolute Gasteiger partial charge is 0.310 e. The summed E-state index contributed by atoms with van der Waals surface area (Å²) in [5.41, 5.74) is 19.6. The molecule has 0 aliphatic heterocycles. The minimum atomic E-state index is -0.0334. The van der Waals surface area contributed by atoms with Crippen LogP contribution in [-0.4, -0.2) is 4.57 Å². The van der Waals surface area contributed by atoms with E-state index in [0.29, 0.717) is 5.92 Å². The summed E-state index contributed by atoms with van der Waals surface area (Å²) in [4.78, 5) is 4.99. The lowest BCUT2D eigenvalue weighted by Gasteiger charge is -2.32. The molecule has 3 aliphatic rings. The van der Waals surface area contributed by atoms with Crippen molar-refractivity contribution in [2.24, 2.45) is 0 Å². The Bertz CT molecular complexity index is 3060. The van der Waals surface area contributed by atoms with Crippen LogP contribution in [0.1, 0.15) is 84.2 Å². The van der Waals surface area contributed by atoms with E-state index in [1.165, 1.54) is 127 Å². The third-order valence-corrected chi connectivity index (χ3v) is 15.0. The van der Waals surface area contributed by atoms with E-state index in [0.717, 1.165) is 25.7 Å². The van der Waals surface area contributed by atoms with E-state index in [-0.39, 0.29) is 5.41 Å². The highest BCUT2D eigenvalue weighted by Crippen LogP contribution is 2.55. The van der Waals surface area contributed by atoms with E-state index >= 15 is 0 Å². The molecule has 8 aromatic carbocycles. The van der Waals surface area contributed by atoms with Gasteiger partial charge in [-0.05, 0) is 176 Å². The fraction of sp³-hybridized carbons (Fsp3) is 0.200. The van der Waals surface area contributed by atoms with E-state index in [1.807, 2.05) is 0 Å². The molecule has 0 saturated heterocycles. The van der Waals surface area contributed by atoms with Gasteiger partial charge in [0.2, 0.25) is 0 Å². The number of hydrogen-bond acceptors (Lipinski definition) is 2. The van der Waals surface area contributed by atoms with Gasteiger partial charge in [-0.3, -0.25) is 0 Å². The maximum absolute atomic E-state index is 2.59. The first-order valence-electron chi connectivity index (χ1n) is 23.3. The zero-order valence-electron chi connectivity index (χ0n) is 36.2. The minimum absolute atomic E-state index is 0.0334. The van der Waals surface area contributed by atoms with Crippen LogP contribution in [0.15, 0.2) is 188 Å². The third kappa shape index (κ3) is 6.31. The molecule has 1 heterocycles. The topological polar surface area (TPSA) is 11.4 Å². The molecule has 0 amide bonds. The molecule has 0 N–H and O–H groups in total. The lowest BCUT2D eigenvalue weighted by atomic mass is 9.76. The first kappa shape index (κ1) is 37.9. The Kier molecular flexibility index (Phi) is 9.32. The van der Waals surface area contributed by atoms with Gasteiger partial charge < -0.3 is 14.4 Å². The van der Waals surface area contributed by atoms with E-state index in [4.69, 9.17) is 0 Å². The summed E-state index contributed by atoms with van der Waals surface area (Å²) in [6.07, 6.45) is 11.1. The highest BCUT2D eigenvalue weighted by Gasteiger charge is 2.45. The number of rotatable bonds is 8. The van der Waals surface area contributed by atoms with Crippen LogP contribution in [0.2, 0.25) is 0 Å². The van der Waals surface area contributed by atoms with E-state index in [9.17, 15) is 0 Å². The molecule has 3 aliphatic carbocycles. The first-order chi connectivity index (χ1) is 31.1. The molecule has 0 radical (unpaired) electrons. The summed E-state index contributed by atoms with van der Waals surface area (Å²) in [6, 6.07) is 70.6. The van der Waals surface area contributed by atoms with Crippen LogP contribution in [-0.2, 0) is 18.3 Å². The average Bonchev–Trinajstić information content (AvgIpc) is 4.03. The number of nitrogens with zero attached hydrogens (tertiary/aromatic N) is 3. The Morgan fingerprint density at radius 3 is 1.65 bits per heavy atom. The monoisotopic (exact) mass is 815 g/mol. The number of hydrogen-bond donors (Lipinski definition) is 0. The van der Waals surface area contributed by atoms with Gasteiger partial charge in [-0.2, -0.15) is 0 Å². The standard InChI is InChI=1S/C60H53N3/c1-42-56(34-35-58-59(42)53-24-14-15-25-57(53)63(58)49-22-12-5-13-23-49)62(50-30-26-44(27-31-50)43-16-6-2-7-17-43)52-33-29-46-37-39-60(55(46)41-52)38-36-45-28-32-51(40-54(45)60)61(47-18-8-3-9-19-47)48-20-10-4-11-21-48/h3-5,8-15,18-35,40-41,43H,2,6-7,16-17,36-39H2,1H3/t60-/m1/s1. The maximum Gasteiger partial charge on any atom is 0.0545 e. The van der Waals surface area contributed by atoms with Gasteiger partial charge in [0.05, 0.1) is 11.0 Å². The summed E-state index contributed by atoms with van der Waals surface area (Å²) < 4.78 is 2.44. The second kappa shape index (κ2) is 15.5. The SMILES string of the molecule is Cc1c(N(c2ccc(C3CCCCC3)cc2)c2ccc3c(c2)[C@]2(CCc4ccc(N(c5ccccc5)c5ccccc5)cc42)CC3)ccc2c1c1ccccc1n2-c1ccccc1. The second-order valence-corrected chi connectivity index (χ2v) is 18.3. The van der Waals surface area contributed by atoms with Crippen molar-refractivity contribution < 1.29 is 0 Å². The summed E-state index contributed by atoms with van der Waals surface area (Å²) >= 11 is 0. The molecule has 0 unspecified atom stereocenters. The van der Waals surface area contributed by atoms with Crippen LogP contribution in [0, 0.1) is 6.92 Å². The molecule has 9 aromatic rings. The fourth-order valence-electron chi connectivity index (χ4n) is 11.9. The van der Waals surface area contributed by atoms with Crippen molar-refractivity contribution >= 4 is 55.9 Å². The summed E-state index contributed by atoms with van der Waals surface area (Å²) in [5.74, 6) is 0.662. The fourth-order valence-corrected chi connectivity index (χ4v) is 11.9. The molecule has 308 valence electrons. The van der Waals surface area contributed by atoms with Gasteiger partial charge >= 0.3 is 0 Å². The predicted octanol–water partition coefficient (Wildman–Crippen LogP) is 16.3. The highest BCUT2D eigenvalue weighted by atomic mass is 15.2. The van der Waals surface area contributed by atoms with Gasteiger partial charge in [0, 0.05) is 56.0 Å². The van der Waals surface area contributed by atoms with E-state index in [1.54, 1.807) is 0 Å². The lowest BCUT2D eigenvalue weighted by Crippen LogP contribution is -2.22. The molecular weight excluding hydrogens is 763 g/mol. The van der Waals surface area contributed by atoms with E-state index in [2.05, 4.69) is 209 Å². The smallest absolute Gasteiger partial charge is 0.0545 e. The zero-order chi connectivity index (χ0) is 41.9. The maximum atomic E-state index is 2.59. The Hall–Kier alpha value is -6.84. The number of aromatic nitrogens is 1. The van der Waals surface area contributed by atoms with Crippen LogP contribution >= 0.6 is 0 Å². The zero-order valence-corrected chi connectivity index (χ0v) is 36.2. The van der Waals surface area contributed by atoms with Crippen molar-refractivity contribution in [2.45, 2.75) is 76.0 Å². The van der Waals surface area contributed by atoms with Gasteiger partial charge in [-0.15, -0.1) is 0 Å². The number of fused-ring (bicyclic) bond motifs is 7. The highest BCUT2D eigenvalue weighted by molar-refractivity contribution is 6.12. The number of aryl methyl sites for hydroxylation is 3. The summed E-state index contributed by atoms with van der Waals surface area (Å²) in [6.45, 7) is 2.34. The Morgan fingerprint density at radius 1 is 0.476 bits per heavy atom. The quantitative estimate of drug-likeness (QED) is 0.151. The van der Waals surface area contributed by atoms with Crippen LogP contribution in [0.4, 0.5) is 34.1 Å². The van der Waals surface area contributed by atoms with E-state index < -0.39 is 0 Å². The Morgan fingerprint density at radius 2 is 1.02 bits per heavy atom. The van der Waals surface area contributed by atoms with Crippen LogP contribution in [0.25, 0.3) is 27.5 Å². The van der Waals surface area contributed by atoms with Crippen LogP contribution < -0.4 is 9.80 Å². The van der Waals surface area contributed by atoms with Crippen LogP contribution in [0.3, 0.4) is 0 Å².